The van der Waals surface area contributed by atoms with Gasteiger partial charge in [0.15, 0.2) is 5.01 Å². The van der Waals surface area contributed by atoms with Crippen molar-refractivity contribution in [3.63, 3.8) is 0 Å². The predicted molar refractivity (Wildman–Crippen MR) is 72.5 cm³/mol. The van der Waals surface area contributed by atoms with E-state index in [1.165, 1.54) is 30.6 Å². The standard InChI is InChI=1S/C13H8N2O4S/c1-19-13(16)11-8-10(15(17)18)4-2-9(11)3-5-12-14-6-7-20-12/h2,4,6-8H,1H3. The molecular weight excluding hydrogens is 280 g/mol. The van der Waals surface area contributed by atoms with Gasteiger partial charge in [-0.3, -0.25) is 10.1 Å². The SMILES string of the molecule is COC(=O)c1cc([N+](=O)[O-])ccc1C#Cc1nccs1. The highest BCUT2D eigenvalue weighted by Crippen LogP contribution is 2.18. The van der Waals surface area contributed by atoms with Gasteiger partial charge in [-0.2, -0.15) is 0 Å². The number of nitro groups is 1. The van der Waals surface area contributed by atoms with Crippen molar-refractivity contribution in [3.05, 3.63) is 56.0 Å². The first-order valence-electron chi connectivity index (χ1n) is 5.40. The molecule has 0 bridgehead atoms. The van der Waals surface area contributed by atoms with E-state index in [2.05, 4.69) is 21.6 Å². The van der Waals surface area contributed by atoms with Crippen molar-refractivity contribution in [1.82, 2.24) is 4.98 Å². The maximum atomic E-state index is 11.6. The van der Waals surface area contributed by atoms with Crippen LogP contribution in [0.2, 0.25) is 0 Å². The molecule has 1 aromatic carbocycles. The van der Waals surface area contributed by atoms with Crippen LogP contribution in [0.4, 0.5) is 5.69 Å². The number of nitro benzene ring substituents is 1. The van der Waals surface area contributed by atoms with E-state index in [9.17, 15) is 14.9 Å². The molecule has 0 amide bonds. The smallest absolute Gasteiger partial charge is 0.339 e. The number of thiazole rings is 1. The van der Waals surface area contributed by atoms with Gasteiger partial charge in [0.25, 0.3) is 5.69 Å². The Balaban J connectivity index is 2.46. The highest BCUT2D eigenvalue weighted by Gasteiger charge is 2.16. The summed E-state index contributed by atoms with van der Waals surface area (Å²) < 4.78 is 4.61. The van der Waals surface area contributed by atoms with E-state index in [0.717, 1.165) is 6.07 Å². The van der Waals surface area contributed by atoms with Gasteiger partial charge in [0.1, 0.15) is 0 Å². The average molecular weight is 288 g/mol. The van der Waals surface area contributed by atoms with E-state index in [0.29, 0.717) is 10.6 Å². The first kappa shape index (κ1) is 13.7. The average Bonchev–Trinajstić information content (AvgIpc) is 2.97. The zero-order valence-electron chi connectivity index (χ0n) is 10.3. The largest absolute Gasteiger partial charge is 0.465 e. The highest BCUT2D eigenvalue weighted by molar-refractivity contribution is 7.10. The van der Waals surface area contributed by atoms with Gasteiger partial charge >= 0.3 is 5.97 Å². The molecule has 6 nitrogen and oxygen atoms in total. The van der Waals surface area contributed by atoms with Crippen LogP contribution in [0.3, 0.4) is 0 Å². The number of carbonyl (C=O) groups excluding carboxylic acids is 1. The molecular formula is C13H8N2O4S. The molecule has 0 aliphatic carbocycles. The molecule has 2 aromatic rings. The summed E-state index contributed by atoms with van der Waals surface area (Å²) in [5.74, 6) is 4.89. The summed E-state index contributed by atoms with van der Waals surface area (Å²) >= 11 is 1.36. The van der Waals surface area contributed by atoms with E-state index in [1.807, 2.05) is 0 Å². The number of nitrogens with zero attached hydrogens (tertiary/aromatic N) is 2. The zero-order chi connectivity index (χ0) is 14.5. The third kappa shape index (κ3) is 2.99. The van der Waals surface area contributed by atoms with Crippen LogP contribution in [0.15, 0.2) is 29.8 Å². The Labute approximate surface area is 118 Å². The van der Waals surface area contributed by atoms with E-state index in [4.69, 9.17) is 0 Å². The quantitative estimate of drug-likeness (QED) is 0.366. The van der Waals surface area contributed by atoms with Gasteiger partial charge in [0.2, 0.25) is 0 Å². The molecule has 0 atom stereocenters. The maximum absolute atomic E-state index is 11.6. The second-order valence-electron chi connectivity index (χ2n) is 3.57. The van der Waals surface area contributed by atoms with Crippen molar-refractivity contribution in [3.8, 4) is 11.8 Å². The summed E-state index contributed by atoms with van der Waals surface area (Å²) in [4.78, 5) is 25.8. The molecule has 0 unspecified atom stereocenters. The van der Waals surface area contributed by atoms with E-state index < -0.39 is 10.9 Å². The highest BCUT2D eigenvalue weighted by atomic mass is 32.1. The van der Waals surface area contributed by atoms with Gasteiger partial charge in [-0.15, -0.1) is 11.3 Å². The number of aromatic nitrogens is 1. The fourth-order valence-electron chi connectivity index (χ4n) is 1.44. The topological polar surface area (TPSA) is 82.3 Å². The summed E-state index contributed by atoms with van der Waals surface area (Å²) in [5, 5.41) is 13.1. The Morgan fingerprint density at radius 2 is 2.25 bits per heavy atom. The normalized spacial score (nSPS) is 9.45. The Morgan fingerprint density at radius 3 is 2.85 bits per heavy atom. The van der Waals surface area contributed by atoms with Crippen LogP contribution < -0.4 is 0 Å². The Hall–Kier alpha value is -2.72. The van der Waals surface area contributed by atoms with Crippen LogP contribution >= 0.6 is 11.3 Å². The Kier molecular flexibility index (Phi) is 4.08. The van der Waals surface area contributed by atoms with Crippen LogP contribution in [-0.4, -0.2) is 23.0 Å². The Morgan fingerprint density at radius 1 is 1.45 bits per heavy atom. The lowest BCUT2D eigenvalue weighted by atomic mass is 10.1. The first-order valence-corrected chi connectivity index (χ1v) is 6.28. The molecule has 0 spiro atoms. The van der Waals surface area contributed by atoms with Gasteiger partial charge in [-0.05, 0) is 12.0 Å². The molecule has 0 fully saturated rings. The van der Waals surface area contributed by atoms with Crippen LogP contribution in [0, 0.1) is 22.0 Å². The van der Waals surface area contributed by atoms with Crippen molar-refractivity contribution < 1.29 is 14.5 Å². The van der Waals surface area contributed by atoms with Crippen LogP contribution in [-0.2, 0) is 4.74 Å². The van der Waals surface area contributed by atoms with E-state index in [1.54, 1.807) is 11.6 Å². The number of carbonyl (C=O) groups is 1. The lowest BCUT2D eigenvalue weighted by Gasteiger charge is -2.02. The minimum absolute atomic E-state index is 0.0609. The van der Waals surface area contributed by atoms with Gasteiger partial charge in [0.05, 0.1) is 17.6 Å². The second kappa shape index (κ2) is 5.95. The van der Waals surface area contributed by atoms with Crippen molar-refractivity contribution in [2.45, 2.75) is 0 Å². The number of esters is 1. The fourth-order valence-corrected chi connectivity index (χ4v) is 1.92. The lowest BCUT2D eigenvalue weighted by Crippen LogP contribution is -2.05. The number of methoxy groups -OCH3 is 1. The van der Waals surface area contributed by atoms with E-state index >= 15 is 0 Å². The van der Waals surface area contributed by atoms with Crippen molar-refractivity contribution in [1.29, 1.82) is 0 Å². The molecule has 1 heterocycles. The summed E-state index contributed by atoms with van der Waals surface area (Å²) in [7, 11) is 1.21. The van der Waals surface area contributed by atoms with Gasteiger partial charge in [-0.1, -0.05) is 5.92 Å². The molecule has 0 saturated carbocycles. The number of benzene rings is 1. The lowest BCUT2D eigenvalue weighted by molar-refractivity contribution is -0.384. The summed E-state index contributed by atoms with van der Waals surface area (Å²) in [6.45, 7) is 0. The van der Waals surface area contributed by atoms with Crippen molar-refractivity contribution >= 4 is 23.0 Å². The third-order valence-corrected chi connectivity index (χ3v) is 3.04. The molecule has 0 radical (unpaired) electrons. The van der Waals surface area contributed by atoms with Crippen LogP contribution in [0.25, 0.3) is 0 Å². The maximum Gasteiger partial charge on any atom is 0.339 e. The second-order valence-corrected chi connectivity index (χ2v) is 4.46. The summed E-state index contributed by atoms with van der Waals surface area (Å²) in [5.41, 5.74) is 0.230. The summed E-state index contributed by atoms with van der Waals surface area (Å²) in [6.07, 6.45) is 1.62. The molecule has 0 N–H and O–H groups in total. The van der Waals surface area contributed by atoms with Crippen molar-refractivity contribution in [2.75, 3.05) is 7.11 Å². The fraction of sp³-hybridized carbons (Fsp3) is 0.0769. The monoisotopic (exact) mass is 288 g/mol. The molecule has 20 heavy (non-hydrogen) atoms. The van der Waals surface area contributed by atoms with Crippen LogP contribution in [0.5, 0.6) is 0 Å². The molecule has 1 aromatic heterocycles. The number of hydrogen-bond donors (Lipinski definition) is 0. The van der Waals surface area contributed by atoms with Crippen molar-refractivity contribution in [2.24, 2.45) is 0 Å². The van der Waals surface area contributed by atoms with Gasteiger partial charge < -0.3 is 4.74 Å². The molecule has 0 aliphatic heterocycles. The molecule has 0 aliphatic rings. The predicted octanol–water partition coefficient (Wildman–Crippen LogP) is 2.24. The Bertz CT molecular complexity index is 714. The molecule has 7 heteroatoms. The first-order chi connectivity index (χ1) is 9.61. The number of ether oxygens (including phenoxy) is 1. The molecule has 100 valence electrons. The van der Waals surface area contributed by atoms with Crippen LogP contribution in [0.1, 0.15) is 20.9 Å². The number of non-ortho nitro benzene ring substituents is 1. The van der Waals surface area contributed by atoms with Gasteiger partial charge in [-0.25, -0.2) is 9.78 Å². The number of rotatable bonds is 2. The zero-order valence-corrected chi connectivity index (χ0v) is 11.1. The molecule has 2 rings (SSSR count). The van der Waals surface area contributed by atoms with Gasteiger partial charge in [0, 0.05) is 29.3 Å². The minimum Gasteiger partial charge on any atom is -0.465 e. The minimum atomic E-state index is -0.669. The number of hydrogen-bond acceptors (Lipinski definition) is 6. The summed E-state index contributed by atoms with van der Waals surface area (Å²) in [6, 6.07) is 3.86. The molecule has 0 saturated heterocycles. The third-order valence-electron chi connectivity index (χ3n) is 2.36. The van der Waals surface area contributed by atoms with E-state index in [-0.39, 0.29) is 11.3 Å².